The highest BCUT2D eigenvalue weighted by Crippen LogP contribution is 2.49. The van der Waals surface area contributed by atoms with Crippen LogP contribution in [0.3, 0.4) is 0 Å². The number of aliphatic carboxylic acids is 1. The van der Waals surface area contributed by atoms with Crippen molar-refractivity contribution in [1.29, 1.82) is 0 Å². The van der Waals surface area contributed by atoms with Crippen LogP contribution in [-0.4, -0.2) is 16.9 Å². The van der Waals surface area contributed by atoms with Gasteiger partial charge in [0, 0.05) is 10.8 Å². The molecule has 0 aliphatic heterocycles. The number of hydrogen-bond acceptors (Lipinski definition) is 3. The van der Waals surface area contributed by atoms with E-state index in [1.807, 2.05) is 6.07 Å². The monoisotopic (exact) mass is 210 g/mol. The van der Waals surface area contributed by atoms with Crippen LogP contribution in [0.2, 0.25) is 0 Å². The number of thiophene rings is 1. The van der Waals surface area contributed by atoms with Gasteiger partial charge in [0.15, 0.2) is 5.78 Å². The molecule has 0 amide bonds. The Morgan fingerprint density at radius 2 is 2.21 bits per heavy atom. The van der Waals surface area contributed by atoms with Crippen molar-refractivity contribution in [3.05, 3.63) is 21.9 Å². The fourth-order valence-corrected chi connectivity index (χ4v) is 2.61. The highest BCUT2D eigenvalue weighted by Gasteiger charge is 2.45. The minimum absolute atomic E-state index is 0.0498. The first-order valence-electron chi connectivity index (χ1n) is 4.43. The van der Waals surface area contributed by atoms with Gasteiger partial charge in [0.25, 0.3) is 0 Å². The Morgan fingerprint density at radius 1 is 1.50 bits per heavy atom. The van der Waals surface area contributed by atoms with Gasteiger partial charge in [-0.05, 0) is 25.5 Å². The largest absolute Gasteiger partial charge is 0.481 e. The Bertz CT molecular complexity index is 394. The number of ketones is 1. The SMILES string of the molecule is CC(=O)c1ccc([C@H]2C[C@H]2C(=O)O)s1. The van der Waals surface area contributed by atoms with Crippen LogP contribution in [0.15, 0.2) is 12.1 Å². The van der Waals surface area contributed by atoms with E-state index in [2.05, 4.69) is 0 Å². The number of rotatable bonds is 3. The lowest BCUT2D eigenvalue weighted by Gasteiger charge is -1.90. The van der Waals surface area contributed by atoms with E-state index in [1.54, 1.807) is 6.07 Å². The van der Waals surface area contributed by atoms with Gasteiger partial charge in [-0.15, -0.1) is 11.3 Å². The molecule has 4 heteroatoms. The van der Waals surface area contributed by atoms with Gasteiger partial charge < -0.3 is 5.11 Å². The van der Waals surface area contributed by atoms with Crippen LogP contribution in [0.4, 0.5) is 0 Å². The highest BCUT2D eigenvalue weighted by atomic mass is 32.1. The Labute approximate surface area is 85.4 Å². The molecule has 3 nitrogen and oxygen atoms in total. The van der Waals surface area contributed by atoms with E-state index in [0.29, 0.717) is 6.42 Å². The van der Waals surface area contributed by atoms with E-state index in [9.17, 15) is 9.59 Å². The Hall–Kier alpha value is -1.16. The van der Waals surface area contributed by atoms with Crippen molar-refractivity contribution in [2.75, 3.05) is 0 Å². The minimum atomic E-state index is -0.729. The van der Waals surface area contributed by atoms with E-state index >= 15 is 0 Å². The molecular formula is C10H10O3S. The molecule has 2 rings (SSSR count). The van der Waals surface area contributed by atoms with Crippen LogP contribution >= 0.6 is 11.3 Å². The molecule has 0 unspecified atom stereocenters. The van der Waals surface area contributed by atoms with Crippen molar-refractivity contribution in [1.82, 2.24) is 0 Å². The summed E-state index contributed by atoms with van der Waals surface area (Å²) in [7, 11) is 0. The molecular weight excluding hydrogens is 200 g/mol. The van der Waals surface area contributed by atoms with E-state index in [1.165, 1.54) is 18.3 Å². The van der Waals surface area contributed by atoms with Crippen LogP contribution in [0.5, 0.6) is 0 Å². The average molecular weight is 210 g/mol. The second kappa shape index (κ2) is 3.20. The van der Waals surface area contributed by atoms with Crippen molar-refractivity contribution in [2.45, 2.75) is 19.3 Å². The molecule has 1 fully saturated rings. The number of carboxylic acids is 1. The number of hydrogen-bond donors (Lipinski definition) is 1. The number of carboxylic acid groups (broad SMARTS) is 1. The van der Waals surface area contributed by atoms with Crippen molar-refractivity contribution in [2.24, 2.45) is 5.92 Å². The molecule has 1 aromatic rings. The zero-order chi connectivity index (χ0) is 10.3. The molecule has 0 aromatic carbocycles. The van der Waals surface area contributed by atoms with E-state index in [0.717, 1.165) is 9.75 Å². The summed E-state index contributed by atoms with van der Waals surface area (Å²) in [5.41, 5.74) is 0. The predicted molar refractivity (Wildman–Crippen MR) is 52.8 cm³/mol. The molecule has 1 aliphatic rings. The Morgan fingerprint density at radius 3 is 2.64 bits per heavy atom. The van der Waals surface area contributed by atoms with Gasteiger partial charge in [0.05, 0.1) is 10.8 Å². The average Bonchev–Trinajstić information content (AvgIpc) is 2.76. The smallest absolute Gasteiger partial charge is 0.307 e. The van der Waals surface area contributed by atoms with Crippen molar-refractivity contribution in [3.8, 4) is 0 Å². The molecule has 1 aliphatic carbocycles. The summed E-state index contributed by atoms with van der Waals surface area (Å²) in [5, 5.41) is 8.74. The first-order valence-corrected chi connectivity index (χ1v) is 5.24. The minimum Gasteiger partial charge on any atom is -0.481 e. The van der Waals surface area contributed by atoms with Crippen LogP contribution in [0.25, 0.3) is 0 Å². The molecule has 0 spiro atoms. The van der Waals surface area contributed by atoms with Crippen molar-refractivity contribution >= 4 is 23.1 Å². The second-order valence-corrected chi connectivity index (χ2v) is 4.66. The summed E-state index contributed by atoms with van der Waals surface area (Å²) in [6, 6.07) is 3.65. The van der Waals surface area contributed by atoms with Gasteiger partial charge >= 0.3 is 5.97 Å². The highest BCUT2D eigenvalue weighted by molar-refractivity contribution is 7.14. The third-order valence-corrected chi connectivity index (χ3v) is 3.76. The molecule has 74 valence electrons. The number of carbonyl (C=O) groups excluding carboxylic acids is 1. The molecule has 1 heterocycles. The fraction of sp³-hybridized carbons (Fsp3) is 0.400. The first-order chi connectivity index (χ1) is 6.59. The topological polar surface area (TPSA) is 54.4 Å². The van der Waals surface area contributed by atoms with Crippen molar-refractivity contribution < 1.29 is 14.7 Å². The molecule has 0 bridgehead atoms. The summed E-state index contributed by atoms with van der Waals surface area (Å²) in [5.74, 6) is -0.763. The predicted octanol–water partition coefficient (Wildman–Crippen LogP) is 2.14. The van der Waals surface area contributed by atoms with Crippen LogP contribution < -0.4 is 0 Å². The molecule has 1 saturated carbocycles. The van der Waals surface area contributed by atoms with Gasteiger partial charge in [-0.25, -0.2) is 0 Å². The lowest BCUT2D eigenvalue weighted by molar-refractivity contribution is -0.138. The lowest BCUT2D eigenvalue weighted by atomic mass is 10.2. The third kappa shape index (κ3) is 1.57. The van der Waals surface area contributed by atoms with Crippen LogP contribution in [0, 0.1) is 5.92 Å². The molecule has 0 radical (unpaired) electrons. The van der Waals surface area contributed by atoms with E-state index in [4.69, 9.17) is 5.11 Å². The maximum absolute atomic E-state index is 11.0. The molecule has 2 atom stereocenters. The normalized spacial score (nSPS) is 24.6. The quantitative estimate of drug-likeness (QED) is 0.777. The maximum atomic E-state index is 11.0. The summed E-state index contributed by atoms with van der Waals surface area (Å²) in [6.07, 6.45) is 0.715. The molecule has 14 heavy (non-hydrogen) atoms. The van der Waals surface area contributed by atoms with Gasteiger partial charge in [-0.2, -0.15) is 0 Å². The number of carbonyl (C=O) groups is 2. The summed E-state index contributed by atoms with van der Waals surface area (Å²) >= 11 is 1.42. The maximum Gasteiger partial charge on any atom is 0.307 e. The Balaban J connectivity index is 2.12. The summed E-state index contributed by atoms with van der Waals surface area (Å²) in [4.78, 5) is 23.4. The second-order valence-electron chi connectivity index (χ2n) is 3.55. The lowest BCUT2D eigenvalue weighted by Crippen LogP contribution is -1.97. The van der Waals surface area contributed by atoms with Gasteiger partial charge in [0.1, 0.15) is 0 Å². The standard InChI is InChI=1S/C10H10O3S/c1-5(11)8-2-3-9(14-8)6-4-7(6)10(12)13/h2-3,6-7H,4H2,1H3,(H,12,13)/t6-,7+/m0/s1. The fourth-order valence-electron chi connectivity index (χ4n) is 1.52. The van der Waals surface area contributed by atoms with Crippen LogP contribution in [-0.2, 0) is 4.79 Å². The molecule has 1 aromatic heterocycles. The van der Waals surface area contributed by atoms with Gasteiger partial charge in [-0.1, -0.05) is 0 Å². The van der Waals surface area contributed by atoms with Gasteiger partial charge in [0.2, 0.25) is 0 Å². The molecule has 1 N–H and O–H groups in total. The molecule has 0 saturated heterocycles. The zero-order valence-corrected chi connectivity index (χ0v) is 8.50. The first kappa shape index (κ1) is 9.40. The van der Waals surface area contributed by atoms with E-state index in [-0.39, 0.29) is 17.6 Å². The zero-order valence-electron chi connectivity index (χ0n) is 7.69. The van der Waals surface area contributed by atoms with E-state index < -0.39 is 5.97 Å². The van der Waals surface area contributed by atoms with Crippen LogP contribution in [0.1, 0.15) is 33.8 Å². The summed E-state index contributed by atoms with van der Waals surface area (Å²) < 4.78 is 0. The third-order valence-electron chi connectivity index (χ3n) is 2.45. The van der Waals surface area contributed by atoms with Crippen molar-refractivity contribution in [3.63, 3.8) is 0 Å². The Kier molecular flexibility index (Phi) is 2.15. The van der Waals surface area contributed by atoms with Gasteiger partial charge in [-0.3, -0.25) is 9.59 Å². The summed E-state index contributed by atoms with van der Waals surface area (Å²) in [6.45, 7) is 1.52. The number of Topliss-reactive ketones (excluding diaryl/α,β-unsaturated/α-hetero) is 1.